The number of halogens is 1. The van der Waals surface area contributed by atoms with Crippen LogP contribution in [-0.4, -0.2) is 32.8 Å². The summed E-state index contributed by atoms with van der Waals surface area (Å²) in [4.78, 5) is 2.20. The molecule has 0 aliphatic heterocycles. The van der Waals surface area contributed by atoms with Crippen molar-refractivity contribution in [3.8, 4) is 0 Å². The van der Waals surface area contributed by atoms with Crippen molar-refractivity contribution in [1.29, 1.82) is 0 Å². The first kappa shape index (κ1) is 16.3. The molecule has 3 nitrogen and oxygen atoms in total. The third kappa shape index (κ3) is 4.68. The summed E-state index contributed by atoms with van der Waals surface area (Å²) in [6.07, 6.45) is 1.84. The first-order chi connectivity index (χ1) is 8.99. The zero-order chi connectivity index (χ0) is 14.4. The van der Waals surface area contributed by atoms with Gasteiger partial charge in [0.1, 0.15) is 0 Å². The fourth-order valence-corrected chi connectivity index (χ4v) is 2.22. The lowest BCUT2D eigenvalue weighted by atomic mass is 10.0. The van der Waals surface area contributed by atoms with Crippen molar-refractivity contribution in [3.05, 3.63) is 28.8 Å². The Morgan fingerprint density at radius 1 is 1.42 bits per heavy atom. The normalized spacial score (nSPS) is 14.2. The molecule has 0 heterocycles. The third-order valence-electron chi connectivity index (χ3n) is 3.50. The average Bonchev–Trinajstić information content (AvgIpc) is 2.40. The molecule has 19 heavy (non-hydrogen) atoms. The van der Waals surface area contributed by atoms with Crippen molar-refractivity contribution in [3.63, 3.8) is 0 Å². The maximum absolute atomic E-state index is 6.12. The highest BCUT2D eigenvalue weighted by atomic mass is 35.5. The van der Waals surface area contributed by atoms with Crippen molar-refractivity contribution in [1.82, 2.24) is 0 Å². The summed E-state index contributed by atoms with van der Waals surface area (Å²) < 4.78 is 5.22. The SMILES string of the molecule is CCC(N)Cc1ccc(Cl)cc1N(C)C(C)COC. The lowest BCUT2D eigenvalue weighted by Gasteiger charge is -2.29. The highest BCUT2D eigenvalue weighted by Gasteiger charge is 2.15. The van der Waals surface area contributed by atoms with Crippen LogP contribution >= 0.6 is 11.6 Å². The van der Waals surface area contributed by atoms with E-state index in [0.29, 0.717) is 12.6 Å². The average molecular weight is 285 g/mol. The van der Waals surface area contributed by atoms with Gasteiger partial charge in [-0.1, -0.05) is 24.6 Å². The van der Waals surface area contributed by atoms with Gasteiger partial charge in [0.25, 0.3) is 0 Å². The van der Waals surface area contributed by atoms with E-state index in [1.165, 1.54) is 5.56 Å². The van der Waals surface area contributed by atoms with E-state index in [4.69, 9.17) is 22.1 Å². The first-order valence-corrected chi connectivity index (χ1v) is 7.13. The lowest BCUT2D eigenvalue weighted by molar-refractivity contribution is 0.183. The Morgan fingerprint density at radius 2 is 2.11 bits per heavy atom. The Bertz CT molecular complexity index is 398. The van der Waals surface area contributed by atoms with E-state index >= 15 is 0 Å². The van der Waals surface area contributed by atoms with Gasteiger partial charge in [-0.15, -0.1) is 0 Å². The number of nitrogens with two attached hydrogens (primary N) is 1. The molecule has 0 saturated heterocycles. The third-order valence-corrected chi connectivity index (χ3v) is 3.74. The second-order valence-electron chi connectivity index (χ2n) is 5.06. The number of rotatable bonds is 7. The number of nitrogens with zero attached hydrogens (tertiary/aromatic N) is 1. The number of benzene rings is 1. The van der Waals surface area contributed by atoms with E-state index in [1.54, 1.807) is 7.11 Å². The molecule has 0 aliphatic rings. The summed E-state index contributed by atoms with van der Waals surface area (Å²) in [5.74, 6) is 0. The Balaban J connectivity index is 2.99. The van der Waals surface area contributed by atoms with Crippen LogP contribution in [0.25, 0.3) is 0 Å². The van der Waals surface area contributed by atoms with Crippen molar-refractivity contribution in [2.45, 2.75) is 38.8 Å². The summed E-state index contributed by atoms with van der Waals surface area (Å²) in [6.45, 7) is 4.92. The van der Waals surface area contributed by atoms with E-state index in [-0.39, 0.29) is 6.04 Å². The minimum Gasteiger partial charge on any atom is -0.383 e. The Hall–Kier alpha value is -0.770. The van der Waals surface area contributed by atoms with Crippen LogP contribution in [0, 0.1) is 0 Å². The maximum atomic E-state index is 6.12. The number of ether oxygens (including phenoxy) is 1. The molecular formula is C15H25ClN2O. The van der Waals surface area contributed by atoms with Gasteiger partial charge in [-0.25, -0.2) is 0 Å². The van der Waals surface area contributed by atoms with E-state index in [2.05, 4.69) is 31.9 Å². The van der Waals surface area contributed by atoms with E-state index in [9.17, 15) is 0 Å². The van der Waals surface area contributed by atoms with Crippen molar-refractivity contribution in [2.24, 2.45) is 5.73 Å². The summed E-state index contributed by atoms with van der Waals surface area (Å²) in [7, 11) is 3.78. The zero-order valence-corrected chi connectivity index (χ0v) is 13.1. The van der Waals surface area contributed by atoms with Crippen molar-refractivity contribution < 1.29 is 4.74 Å². The topological polar surface area (TPSA) is 38.5 Å². The minimum atomic E-state index is 0.186. The summed E-state index contributed by atoms with van der Waals surface area (Å²) in [5, 5.41) is 0.750. The number of anilines is 1. The molecule has 1 aromatic carbocycles. The van der Waals surface area contributed by atoms with E-state index in [1.807, 2.05) is 12.1 Å². The standard InChI is InChI=1S/C15H25ClN2O/c1-5-14(17)8-12-6-7-13(16)9-15(12)18(3)11(2)10-19-4/h6-7,9,11,14H,5,8,10,17H2,1-4H3. The molecule has 1 aromatic rings. The predicted molar refractivity (Wildman–Crippen MR) is 83.2 cm³/mol. The van der Waals surface area contributed by atoms with Gasteiger partial charge in [0, 0.05) is 37.0 Å². The van der Waals surface area contributed by atoms with Crippen LogP contribution < -0.4 is 10.6 Å². The molecule has 108 valence electrons. The number of methoxy groups -OCH3 is 1. The Morgan fingerprint density at radius 3 is 2.68 bits per heavy atom. The second kappa shape index (κ2) is 7.73. The van der Waals surface area contributed by atoms with Crippen molar-refractivity contribution in [2.75, 3.05) is 25.7 Å². The van der Waals surface area contributed by atoms with Crippen LogP contribution in [0.5, 0.6) is 0 Å². The van der Waals surface area contributed by atoms with E-state index in [0.717, 1.165) is 23.6 Å². The smallest absolute Gasteiger partial charge is 0.0663 e. The van der Waals surface area contributed by atoms with Crippen LogP contribution in [-0.2, 0) is 11.2 Å². The minimum absolute atomic E-state index is 0.186. The lowest BCUT2D eigenvalue weighted by Crippen LogP contribution is -2.34. The molecule has 0 radical (unpaired) electrons. The van der Waals surface area contributed by atoms with Gasteiger partial charge in [-0.05, 0) is 37.5 Å². The van der Waals surface area contributed by atoms with Gasteiger partial charge in [-0.3, -0.25) is 0 Å². The molecule has 2 atom stereocenters. The molecule has 0 aromatic heterocycles. The molecule has 2 N–H and O–H groups in total. The van der Waals surface area contributed by atoms with Gasteiger partial charge >= 0.3 is 0 Å². The fraction of sp³-hybridized carbons (Fsp3) is 0.600. The van der Waals surface area contributed by atoms with Crippen LogP contribution in [0.2, 0.25) is 5.02 Å². The summed E-state index contributed by atoms with van der Waals surface area (Å²) in [6, 6.07) is 6.48. The molecule has 0 saturated carbocycles. The quantitative estimate of drug-likeness (QED) is 0.836. The van der Waals surface area contributed by atoms with Crippen LogP contribution in [0.15, 0.2) is 18.2 Å². The van der Waals surface area contributed by atoms with Crippen LogP contribution in [0.4, 0.5) is 5.69 Å². The zero-order valence-electron chi connectivity index (χ0n) is 12.3. The van der Waals surface area contributed by atoms with Gasteiger partial charge < -0.3 is 15.4 Å². The number of hydrogen-bond donors (Lipinski definition) is 1. The second-order valence-corrected chi connectivity index (χ2v) is 5.50. The first-order valence-electron chi connectivity index (χ1n) is 6.75. The fourth-order valence-electron chi connectivity index (χ4n) is 2.06. The molecule has 0 amide bonds. The van der Waals surface area contributed by atoms with Crippen LogP contribution in [0.1, 0.15) is 25.8 Å². The molecule has 0 spiro atoms. The molecule has 0 aliphatic carbocycles. The van der Waals surface area contributed by atoms with Crippen molar-refractivity contribution >= 4 is 17.3 Å². The number of likely N-dealkylation sites (N-methyl/N-ethyl adjacent to an activating group) is 1. The predicted octanol–water partition coefficient (Wildman–Crippen LogP) is 3.09. The van der Waals surface area contributed by atoms with Gasteiger partial charge in [-0.2, -0.15) is 0 Å². The highest BCUT2D eigenvalue weighted by molar-refractivity contribution is 6.30. The molecule has 2 unspecified atom stereocenters. The molecular weight excluding hydrogens is 260 g/mol. The summed E-state index contributed by atoms with van der Waals surface area (Å²) >= 11 is 6.12. The largest absolute Gasteiger partial charge is 0.383 e. The summed E-state index contributed by atoms with van der Waals surface area (Å²) in [5.41, 5.74) is 8.45. The van der Waals surface area contributed by atoms with Gasteiger partial charge in [0.2, 0.25) is 0 Å². The Kier molecular flexibility index (Phi) is 6.63. The van der Waals surface area contributed by atoms with Gasteiger partial charge in [0.05, 0.1) is 6.61 Å². The van der Waals surface area contributed by atoms with E-state index < -0.39 is 0 Å². The molecule has 0 bridgehead atoms. The monoisotopic (exact) mass is 284 g/mol. The molecule has 4 heteroatoms. The molecule has 0 fully saturated rings. The maximum Gasteiger partial charge on any atom is 0.0663 e. The van der Waals surface area contributed by atoms with Crippen LogP contribution in [0.3, 0.4) is 0 Å². The molecule has 1 rings (SSSR count). The van der Waals surface area contributed by atoms with Gasteiger partial charge in [0.15, 0.2) is 0 Å². The Labute approximate surface area is 121 Å². The highest BCUT2D eigenvalue weighted by Crippen LogP contribution is 2.26. The number of hydrogen-bond acceptors (Lipinski definition) is 3.